The zero-order valence-electron chi connectivity index (χ0n) is 9.87. The van der Waals surface area contributed by atoms with Gasteiger partial charge < -0.3 is 4.74 Å². The molecule has 16 heavy (non-hydrogen) atoms. The maximum Gasteiger partial charge on any atom is 0.357 e. The second-order valence-electron chi connectivity index (χ2n) is 4.50. The van der Waals surface area contributed by atoms with Gasteiger partial charge in [0.15, 0.2) is 5.69 Å². The smallest absolute Gasteiger partial charge is 0.357 e. The summed E-state index contributed by atoms with van der Waals surface area (Å²) in [5, 5.41) is 8.67. The highest BCUT2D eigenvalue weighted by molar-refractivity contribution is 5.89. The number of rotatable bonds is 1. The first-order valence-electron chi connectivity index (χ1n) is 4.93. The molecular weight excluding hydrogens is 204 g/mol. The van der Waals surface area contributed by atoms with E-state index in [2.05, 4.69) is 4.98 Å². The Hall–Kier alpha value is -1.89. The summed E-state index contributed by atoms with van der Waals surface area (Å²) in [5.74, 6) is -0.463. The Kier molecular flexibility index (Phi) is 3.28. The molecular formula is C12H14N2O2. The van der Waals surface area contributed by atoms with Crippen molar-refractivity contribution < 1.29 is 9.53 Å². The zero-order chi connectivity index (χ0) is 12.3. The predicted molar refractivity (Wildman–Crippen MR) is 58.9 cm³/mol. The number of nitrogens with zero attached hydrogens (tertiary/aromatic N) is 2. The highest BCUT2D eigenvalue weighted by atomic mass is 16.6. The average Bonchev–Trinajstić information content (AvgIpc) is 2.14. The van der Waals surface area contributed by atoms with Gasteiger partial charge in [0.2, 0.25) is 0 Å². The Labute approximate surface area is 94.9 Å². The van der Waals surface area contributed by atoms with Crippen molar-refractivity contribution in [2.45, 2.75) is 33.3 Å². The Bertz CT molecular complexity index is 453. The largest absolute Gasteiger partial charge is 0.455 e. The van der Waals surface area contributed by atoms with E-state index in [0.717, 1.165) is 0 Å². The van der Waals surface area contributed by atoms with Gasteiger partial charge in [-0.25, -0.2) is 9.78 Å². The normalized spacial score (nSPS) is 10.7. The minimum Gasteiger partial charge on any atom is -0.455 e. The fraction of sp³-hybridized carbons (Fsp3) is 0.417. The van der Waals surface area contributed by atoms with Crippen LogP contribution in [0, 0.1) is 18.3 Å². The van der Waals surface area contributed by atoms with Crippen LogP contribution in [-0.2, 0) is 4.74 Å². The molecule has 4 nitrogen and oxygen atoms in total. The Morgan fingerprint density at radius 1 is 1.50 bits per heavy atom. The number of aryl methyl sites for hydroxylation is 1. The maximum atomic E-state index is 11.7. The molecule has 1 aromatic heterocycles. The van der Waals surface area contributed by atoms with Crippen molar-refractivity contribution >= 4 is 5.97 Å². The molecule has 0 unspecified atom stereocenters. The van der Waals surface area contributed by atoms with Crippen molar-refractivity contribution in [1.29, 1.82) is 5.26 Å². The SMILES string of the molecule is Cc1cc(C#N)cnc1C(=O)OC(C)(C)C. The second kappa shape index (κ2) is 4.31. The molecule has 0 aliphatic carbocycles. The molecule has 0 atom stereocenters. The summed E-state index contributed by atoms with van der Waals surface area (Å²) < 4.78 is 5.19. The van der Waals surface area contributed by atoms with Crippen molar-refractivity contribution in [2.24, 2.45) is 0 Å². The molecule has 0 aliphatic rings. The minimum absolute atomic E-state index is 0.258. The summed E-state index contributed by atoms with van der Waals surface area (Å²) in [4.78, 5) is 15.6. The molecule has 0 saturated carbocycles. The molecule has 0 aliphatic heterocycles. The number of hydrogen-bond donors (Lipinski definition) is 0. The topological polar surface area (TPSA) is 63.0 Å². The Morgan fingerprint density at radius 3 is 2.56 bits per heavy atom. The highest BCUT2D eigenvalue weighted by Gasteiger charge is 2.20. The van der Waals surface area contributed by atoms with Crippen LogP contribution in [0.2, 0.25) is 0 Å². The van der Waals surface area contributed by atoms with E-state index in [1.54, 1.807) is 33.8 Å². The molecule has 0 aromatic carbocycles. The summed E-state index contributed by atoms with van der Waals surface area (Å²) in [6.45, 7) is 7.12. The molecule has 0 saturated heterocycles. The lowest BCUT2D eigenvalue weighted by atomic mass is 10.1. The van der Waals surface area contributed by atoms with Crippen LogP contribution in [0.4, 0.5) is 0 Å². The van der Waals surface area contributed by atoms with E-state index in [1.165, 1.54) is 6.20 Å². The van der Waals surface area contributed by atoms with E-state index in [4.69, 9.17) is 10.00 Å². The number of aromatic nitrogens is 1. The van der Waals surface area contributed by atoms with Gasteiger partial charge in [-0.1, -0.05) is 0 Å². The third kappa shape index (κ3) is 3.06. The molecule has 84 valence electrons. The van der Waals surface area contributed by atoms with Crippen LogP contribution < -0.4 is 0 Å². The van der Waals surface area contributed by atoms with Crippen LogP contribution in [0.5, 0.6) is 0 Å². The first-order chi connectivity index (χ1) is 7.33. The van der Waals surface area contributed by atoms with Crippen molar-refractivity contribution in [3.63, 3.8) is 0 Å². The number of ether oxygens (including phenoxy) is 1. The van der Waals surface area contributed by atoms with Crippen LogP contribution in [0.25, 0.3) is 0 Å². The molecule has 1 aromatic rings. The van der Waals surface area contributed by atoms with Gasteiger partial charge in [0, 0.05) is 6.20 Å². The lowest BCUT2D eigenvalue weighted by Crippen LogP contribution is -2.25. The number of nitriles is 1. The maximum absolute atomic E-state index is 11.7. The average molecular weight is 218 g/mol. The molecule has 0 fully saturated rings. The monoisotopic (exact) mass is 218 g/mol. The standard InChI is InChI=1S/C12H14N2O2/c1-8-5-9(6-13)7-14-10(8)11(15)16-12(2,3)4/h5,7H,1-4H3. The quantitative estimate of drug-likeness (QED) is 0.678. The predicted octanol–water partition coefficient (Wildman–Crippen LogP) is 2.22. The number of esters is 1. The lowest BCUT2D eigenvalue weighted by Gasteiger charge is -2.19. The van der Waals surface area contributed by atoms with Gasteiger partial charge in [-0.05, 0) is 39.3 Å². The lowest BCUT2D eigenvalue weighted by molar-refractivity contribution is 0.00620. The van der Waals surface area contributed by atoms with Crippen LogP contribution in [-0.4, -0.2) is 16.6 Å². The van der Waals surface area contributed by atoms with Crippen molar-refractivity contribution in [3.8, 4) is 6.07 Å². The molecule has 0 N–H and O–H groups in total. The summed E-state index contributed by atoms with van der Waals surface area (Å²) in [5.41, 5.74) is 0.797. The zero-order valence-corrected chi connectivity index (χ0v) is 9.87. The number of pyridine rings is 1. The molecule has 4 heteroatoms. The minimum atomic E-state index is -0.543. The highest BCUT2D eigenvalue weighted by Crippen LogP contribution is 2.14. The van der Waals surface area contributed by atoms with Gasteiger partial charge in [-0.15, -0.1) is 0 Å². The summed E-state index contributed by atoms with van der Waals surface area (Å²) in [6, 6.07) is 3.58. The van der Waals surface area contributed by atoms with Crippen LogP contribution >= 0.6 is 0 Å². The van der Waals surface area contributed by atoms with E-state index in [1.807, 2.05) is 6.07 Å². The van der Waals surface area contributed by atoms with E-state index in [0.29, 0.717) is 11.1 Å². The van der Waals surface area contributed by atoms with Crippen molar-refractivity contribution in [3.05, 3.63) is 29.1 Å². The van der Waals surface area contributed by atoms with E-state index in [9.17, 15) is 4.79 Å². The summed E-state index contributed by atoms with van der Waals surface area (Å²) in [7, 11) is 0. The molecule has 0 amide bonds. The summed E-state index contributed by atoms with van der Waals surface area (Å²) in [6.07, 6.45) is 1.37. The number of carbonyl (C=O) groups excluding carboxylic acids is 1. The molecule has 0 radical (unpaired) electrons. The van der Waals surface area contributed by atoms with Gasteiger partial charge in [0.05, 0.1) is 5.56 Å². The fourth-order valence-electron chi connectivity index (χ4n) is 1.18. The van der Waals surface area contributed by atoms with Gasteiger partial charge in [0.25, 0.3) is 0 Å². The van der Waals surface area contributed by atoms with Gasteiger partial charge in [0.1, 0.15) is 11.7 Å². The number of carbonyl (C=O) groups is 1. The Morgan fingerprint density at radius 2 is 2.12 bits per heavy atom. The van der Waals surface area contributed by atoms with E-state index in [-0.39, 0.29) is 5.69 Å². The van der Waals surface area contributed by atoms with E-state index >= 15 is 0 Å². The van der Waals surface area contributed by atoms with Crippen molar-refractivity contribution in [2.75, 3.05) is 0 Å². The first kappa shape index (κ1) is 12.2. The molecule has 1 heterocycles. The number of hydrogen-bond acceptors (Lipinski definition) is 4. The van der Waals surface area contributed by atoms with Crippen molar-refractivity contribution in [1.82, 2.24) is 4.98 Å². The molecule has 0 spiro atoms. The molecule has 0 bridgehead atoms. The van der Waals surface area contributed by atoms with Crippen LogP contribution in [0.15, 0.2) is 12.3 Å². The van der Waals surface area contributed by atoms with Gasteiger partial charge in [-0.2, -0.15) is 5.26 Å². The third-order valence-corrected chi connectivity index (χ3v) is 1.80. The van der Waals surface area contributed by atoms with Gasteiger partial charge >= 0.3 is 5.97 Å². The van der Waals surface area contributed by atoms with E-state index < -0.39 is 11.6 Å². The third-order valence-electron chi connectivity index (χ3n) is 1.80. The first-order valence-corrected chi connectivity index (χ1v) is 4.93. The summed E-state index contributed by atoms with van der Waals surface area (Å²) >= 11 is 0. The Balaban J connectivity index is 2.98. The van der Waals surface area contributed by atoms with Crippen LogP contribution in [0.1, 0.15) is 42.4 Å². The fourth-order valence-corrected chi connectivity index (χ4v) is 1.18. The second-order valence-corrected chi connectivity index (χ2v) is 4.50. The molecule has 1 rings (SSSR count). The van der Waals surface area contributed by atoms with Gasteiger partial charge in [-0.3, -0.25) is 0 Å². The van der Waals surface area contributed by atoms with Crippen LogP contribution in [0.3, 0.4) is 0 Å².